The number of nitrogens with zero attached hydrogens (tertiary/aromatic N) is 5. The van der Waals surface area contributed by atoms with Gasteiger partial charge in [0.15, 0.2) is 11.6 Å². The number of hydrogen-bond acceptors (Lipinski definition) is 8. The highest BCUT2D eigenvalue weighted by Gasteiger charge is 2.40. The van der Waals surface area contributed by atoms with E-state index >= 15 is 0 Å². The fourth-order valence-corrected chi connectivity index (χ4v) is 3.04. The van der Waals surface area contributed by atoms with Gasteiger partial charge in [0, 0.05) is 44.9 Å². The SMILES string of the molecule is c1cc(CNc2cnnc(N3CCC4(CC3)OCCO4)n2)ccn1. The molecule has 2 fully saturated rings. The molecular weight excluding hydrogens is 308 g/mol. The van der Waals surface area contributed by atoms with Crippen molar-refractivity contribution in [2.24, 2.45) is 0 Å². The highest BCUT2D eigenvalue weighted by Crippen LogP contribution is 2.32. The van der Waals surface area contributed by atoms with Gasteiger partial charge in [0.25, 0.3) is 0 Å². The Bertz CT molecular complexity index is 667. The van der Waals surface area contributed by atoms with E-state index in [-0.39, 0.29) is 5.79 Å². The second-order valence-electron chi connectivity index (χ2n) is 5.95. The molecule has 0 radical (unpaired) electrons. The number of hydrogen-bond donors (Lipinski definition) is 1. The van der Waals surface area contributed by atoms with Gasteiger partial charge in [-0.15, -0.1) is 5.10 Å². The monoisotopic (exact) mass is 328 g/mol. The van der Waals surface area contributed by atoms with Gasteiger partial charge in [0.2, 0.25) is 5.95 Å². The van der Waals surface area contributed by atoms with Crippen LogP contribution in [0.25, 0.3) is 0 Å². The van der Waals surface area contributed by atoms with Crippen LogP contribution in [0.1, 0.15) is 18.4 Å². The maximum absolute atomic E-state index is 5.75. The second-order valence-corrected chi connectivity index (χ2v) is 5.95. The van der Waals surface area contributed by atoms with Crippen LogP contribution >= 0.6 is 0 Å². The van der Waals surface area contributed by atoms with E-state index in [0.717, 1.165) is 31.5 Å². The van der Waals surface area contributed by atoms with Gasteiger partial charge in [-0.1, -0.05) is 0 Å². The fraction of sp³-hybridized carbons (Fsp3) is 0.500. The van der Waals surface area contributed by atoms with Crippen molar-refractivity contribution in [3.63, 3.8) is 0 Å². The minimum atomic E-state index is -0.388. The number of piperidine rings is 1. The Balaban J connectivity index is 1.38. The minimum Gasteiger partial charge on any atom is -0.365 e. The zero-order chi connectivity index (χ0) is 16.2. The van der Waals surface area contributed by atoms with Crippen LogP contribution in [0.5, 0.6) is 0 Å². The molecule has 24 heavy (non-hydrogen) atoms. The number of rotatable bonds is 4. The lowest BCUT2D eigenvalue weighted by molar-refractivity contribution is -0.169. The van der Waals surface area contributed by atoms with Gasteiger partial charge in [-0.2, -0.15) is 10.1 Å². The van der Waals surface area contributed by atoms with Crippen molar-refractivity contribution >= 4 is 11.8 Å². The van der Waals surface area contributed by atoms with Crippen molar-refractivity contribution in [2.75, 3.05) is 36.5 Å². The molecule has 4 rings (SSSR count). The molecule has 2 saturated heterocycles. The van der Waals surface area contributed by atoms with Crippen LogP contribution in [-0.2, 0) is 16.0 Å². The number of anilines is 2. The largest absolute Gasteiger partial charge is 0.365 e. The lowest BCUT2D eigenvalue weighted by atomic mass is 10.0. The molecule has 8 nitrogen and oxygen atoms in total. The number of nitrogens with one attached hydrogen (secondary N) is 1. The van der Waals surface area contributed by atoms with Gasteiger partial charge < -0.3 is 19.7 Å². The highest BCUT2D eigenvalue weighted by atomic mass is 16.7. The van der Waals surface area contributed by atoms with Gasteiger partial charge in [-0.25, -0.2) is 0 Å². The van der Waals surface area contributed by atoms with Gasteiger partial charge in [-0.05, 0) is 17.7 Å². The van der Waals surface area contributed by atoms with Crippen LogP contribution < -0.4 is 10.2 Å². The Labute approximate surface area is 140 Å². The van der Waals surface area contributed by atoms with Crippen molar-refractivity contribution in [2.45, 2.75) is 25.2 Å². The van der Waals surface area contributed by atoms with Crippen LogP contribution in [0.4, 0.5) is 11.8 Å². The van der Waals surface area contributed by atoms with E-state index in [4.69, 9.17) is 9.47 Å². The quantitative estimate of drug-likeness (QED) is 0.897. The van der Waals surface area contributed by atoms with Crippen LogP contribution in [0.15, 0.2) is 30.7 Å². The van der Waals surface area contributed by atoms with E-state index < -0.39 is 0 Å². The maximum atomic E-state index is 5.75. The van der Waals surface area contributed by atoms with Crippen molar-refractivity contribution < 1.29 is 9.47 Å². The summed E-state index contributed by atoms with van der Waals surface area (Å²) >= 11 is 0. The van der Waals surface area contributed by atoms with E-state index in [2.05, 4.69) is 30.4 Å². The van der Waals surface area contributed by atoms with E-state index in [1.807, 2.05) is 12.1 Å². The van der Waals surface area contributed by atoms with Crippen molar-refractivity contribution in [1.29, 1.82) is 0 Å². The maximum Gasteiger partial charge on any atom is 0.247 e. The van der Waals surface area contributed by atoms with E-state index in [9.17, 15) is 0 Å². The van der Waals surface area contributed by atoms with Gasteiger partial charge in [0.1, 0.15) is 0 Å². The normalized spacial score (nSPS) is 19.6. The Hall–Kier alpha value is -2.32. The zero-order valence-corrected chi connectivity index (χ0v) is 13.4. The summed E-state index contributed by atoms with van der Waals surface area (Å²) in [5, 5.41) is 11.5. The average Bonchev–Trinajstić information content (AvgIpc) is 3.10. The minimum absolute atomic E-state index is 0.388. The summed E-state index contributed by atoms with van der Waals surface area (Å²) in [7, 11) is 0. The standard InChI is InChI=1S/C16H20N6O2/c1-5-17-6-2-13(1)11-18-14-12-19-21-15(20-14)22-7-3-16(4-8-22)23-9-10-24-16/h1-2,5-6,12H,3-4,7-11H2,(H,18,20,21). The highest BCUT2D eigenvalue weighted by molar-refractivity contribution is 5.40. The summed E-state index contributed by atoms with van der Waals surface area (Å²) in [4.78, 5) is 10.7. The Kier molecular flexibility index (Phi) is 4.22. The van der Waals surface area contributed by atoms with Crippen molar-refractivity contribution in [3.05, 3.63) is 36.3 Å². The van der Waals surface area contributed by atoms with Gasteiger partial charge in [0.05, 0.1) is 19.4 Å². The molecule has 0 bridgehead atoms. The third-order valence-corrected chi connectivity index (χ3v) is 4.39. The molecule has 2 aromatic rings. The Morgan fingerprint density at radius 3 is 2.62 bits per heavy atom. The predicted molar refractivity (Wildman–Crippen MR) is 87.5 cm³/mol. The van der Waals surface area contributed by atoms with Crippen LogP contribution in [0, 0.1) is 0 Å². The summed E-state index contributed by atoms with van der Waals surface area (Å²) < 4.78 is 11.5. The third kappa shape index (κ3) is 3.29. The molecule has 0 unspecified atom stereocenters. The summed E-state index contributed by atoms with van der Waals surface area (Å²) in [6.45, 7) is 3.65. The molecule has 0 atom stereocenters. The lowest BCUT2D eigenvalue weighted by Gasteiger charge is -2.37. The van der Waals surface area contributed by atoms with Crippen LogP contribution in [0.2, 0.25) is 0 Å². The molecule has 0 aromatic carbocycles. The van der Waals surface area contributed by atoms with Crippen LogP contribution in [-0.4, -0.2) is 52.3 Å². The number of ether oxygens (including phenoxy) is 2. The first-order valence-electron chi connectivity index (χ1n) is 8.18. The molecule has 126 valence electrons. The summed E-state index contributed by atoms with van der Waals surface area (Å²) in [5.41, 5.74) is 1.14. The first kappa shape index (κ1) is 15.2. The molecule has 0 amide bonds. The average molecular weight is 328 g/mol. The van der Waals surface area contributed by atoms with E-state index in [1.54, 1.807) is 18.6 Å². The molecule has 1 N–H and O–H groups in total. The first-order chi connectivity index (χ1) is 11.8. The third-order valence-electron chi connectivity index (χ3n) is 4.39. The summed E-state index contributed by atoms with van der Waals surface area (Å²) in [6.07, 6.45) is 6.84. The summed E-state index contributed by atoms with van der Waals surface area (Å²) in [5.74, 6) is 0.967. The Morgan fingerprint density at radius 1 is 1.12 bits per heavy atom. The van der Waals surface area contributed by atoms with Crippen molar-refractivity contribution in [3.8, 4) is 0 Å². The molecular formula is C16H20N6O2. The molecule has 2 aliphatic rings. The topological polar surface area (TPSA) is 85.3 Å². The summed E-state index contributed by atoms with van der Waals surface area (Å²) in [6, 6.07) is 3.93. The molecule has 8 heteroatoms. The van der Waals surface area contributed by atoms with Gasteiger partial charge >= 0.3 is 0 Å². The predicted octanol–water partition coefficient (Wildman–Crippen LogP) is 1.22. The van der Waals surface area contributed by atoms with Gasteiger partial charge in [-0.3, -0.25) is 4.98 Å². The molecule has 0 aliphatic carbocycles. The molecule has 0 saturated carbocycles. The molecule has 2 aliphatic heterocycles. The Morgan fingerprint density at radius 2 is 1.88 bits per heavy atom. The zero-order valence-electron chi connectivity index (χ0n) is 13.4. The lowest BCUT2D eigenvalue weighted by Crippen LogP contribution is -2.45. The first-order valence-corrected chi connectivity index (χ1v) is 8.18. The molecule has 1 spiro atoms. The smallest absolute Gasteiger partial charge is 0.247 e. The van der Waals surface area contributed by atoms with E-state index in [1.165, 1.54) is 0 Å². The number of pyridine rings is 1. The van der Waals surface area contributed by atoms with Crippen molar-refractivity contribution in [1.82, 2.24) is 20.2 Å². The van der Waals surface area contributed by atoms with Crippen LogP contribution in [0.3, 0.4) is 0 Å². The molecule has 4 heterocycles. The number of aromatic nitrogens is 4. The second kappa shape index (κ2) is 6.66. The molecule has 2 aromatic heterocycles. The fourth-order valence-electron chi connectivity index (χ4n) is 3.04. The van der Waals surface area contributed by atoms with E-state index in [0.29, 0.717) is 31.5 Å².